The summed E-state index contributed by atoms with van der Waals surface area (Å²) in [4.78, 5) is 18.7. The molecule has 8 heteroatoms. The molecule has 0 saturated heterocycles. The number of hydrogen-bond donors (Lipinski definition) is 4. The van der Waals surface area contributed by atoms with E-state index in [0.717, 1.165) is 11.4 Å². The maximum atomic E-state index is 10.4. The molecule has 2 aromatic rings. The summed E-state index contributed by atoms with van der Waals surface area (Å²) in [5.41, 5.74) is 8.18. The van der Waals surface area contributed by atoms with Crippen LogP contribution >= 0.6 is 11.3 Å². The van der Waals surface area contributed by atoms with Gasteiger partial charge in [-0.25, -0.2) is 4.99 Å². The molecule has 0 fully saturated rings. The molecule has 31 heavy (non-hydrogen) atoms. The van der Waals surface area contributed by atoms with E-state index in [1.54, 1.807) is 11.3 Å². The number of rotatable bonds is 4. The zero-order chi connectivity index (χ0) is 23.7. The maximum Gasteiger partial charge on any atom is 0.221 e. The highest BCUT2D eigenvalue weighted by molar-refractivity contribution is 7.08. The number of hydrogen-bond acceptors (Lipinski definition) is 7. The van der Waals surface area contributed by atoms with Crippen molar-refractivity contribution in [3.8, 4) is 0 Å². The maximum absolute atomic E-state index is 10.4. The van der Waals surface area contributed by atoms with Crippen LogP contribution in [-0.4, -0.2) is 37.4 Å². The Morgan fingerprint density at radius 2 is 1.87 bits per heavy atom. The van der Waals surface area contributed by atoms with Gasteiger partial charge in [-0.3, -0.25) is 9.79 Å². The second-order valence-corrected chi connectivity index (χ2v) is 6.90. The van der Waals surface area contributed by atoms with Crippen LogP contribution in [0.2, 0.25) is 0 Å². The quantitative estimate of drug-likeness (QED) is 0.468. The summed E-state index contributed by atoms with van der Waals surface area (Å²) in [5, 5.41) is 17.3. The van der Waals surface area contributed by atoms with Crippen LogP contribution in [0.5, 0.6) is 0 Å². The fourth-order valence-corrected chi connectivity index (χ4v) is 2.90. The average Bonchev–Trinajstić information content (AvgIpc) is 3.31. The molecule has 172 valence electrons. The van der Waals surface area contributed by atoms with E-state index in [4.69, 9.17) is 11.1 Å². The monoisotopic (exact) mass is 446 g/mol. The molecule has 0 spiro atoms. The number of thiophene rings is 1. The number of nitrogens with two attached hydrogens (primary N) is 1. The number of aliphatic imine (C=N–C) groups is 2. The lowest BCUT2D eigenvalue weighted by Gasteiger charge is -2.30. The first-order valence-corrected chi connectivity index (χ1v) is 11.3. The zero-order valence-electron chi connectivity index (χ0n) is 19.4. The molecule has 1 aliphatic rings. The van der Waals surface area contributed by atoms with Gasteiger partial charge in [-0.15, -0.1) is 0 Å². The molecule has 1 aliphatic heterocycles. The molecule has 1 atom stereocenters. The minimum Gasteiger partial charge on any atom is -0.343 e. The third kappa shape index (κ3) is 9.67. The Labute approximate surface area is 191 Å². The standard InChI is InChI=1S/C13H17N5.C6H7NOS.2C2H6.H2/c1-10-2-4-11(5-3-10)18-12-13(6-14,7-15)8-16-9-17-12;1-5(8)7-6-2-3-9-4-6;2*1-2;/h2-6,9,14H,7-8,15H2,1H3,(H,16,17,18);2-4H,1H3,(H,7,8);2*1-2H3;1H. The van der Waals surface area contributed by atoms with Crippen molar-refractivity contribution in [3.05, 3.63) is 46.7 Å². The molecule has 0 aliphatic carbocycles. The lowest BCUT2D eigenvalue weighted by molar-refractivity contribution is -0.114. The number of carbonyl (C=O) groups excluding carboxylic acids is 1. The predicted molar refractivity (Wildman–Crippen MR) is 139 cm³/mol. The fraction of sp³-hybridized carbons (Fsp3) is 0.391. The Kier molecular flexibility index (Phi) is 14.5. The zero-order valence-corrected chi connectivity index (χ0v) is 20.2. The second kappa shape index (κ2) is 15.9. The summed E-state index contributed by atoms with van der Waals surface area (Å²) in [6.45, 7) is 12.3. The van der Waals surface area contributed by atoms with Gasteiger partial charge in [-0.1, -0.05) is 45.4 Å². The van der Waals surface area contributed by atoms with Crippen LogP contribution in [0.4, 0.5) is 11.4 Å². The number of benzene rings is 1. The SMILES string of the molecule is CC.CC.CC(=O)Nc1ccsc1.Cc1ccc(NC2=NC=NCC2(C=N)CN)cc1.[HH]. The topological polar surface area (TPSA) is 116 Å². The minimum atomic E-state index is -0.611. The van der Waals surface area contributed by atoms with E-state index in [0.29, 0.717) is 18.9 Å². The third-order valence-corrected chi connectivity index (χ3v) is 4.59. The number of amidine groups is 1. The Bertz CT molecular complexity index is 822. The average molecular weight is 447 g/mol. The van der Waals surface area contributed by atoms with E-state index in [1.807, 2.05) is 75.7 Å². The van der Waals surface area contributed by atoms with E-state index in [9.17, 15) is 4.79 Å². The highest BCUT2D eigenvalue weighted by Gasteiger charge is 2.34. The van der Waals surface area contributed by atoms with Crippen LogP contribution in [-0.2, 0) is 4.79 Å². The predicted octanol–water partition coefficient (Wildman–Crippen LogP) is 5.45. The largest absolute Gasteiger partial charge is 0.343 e. The van der Waals surface area contributed by atoms with Gasteiger partial charge < -0.3 is 21.8 Å². The van der Waals surface area contributed by atoms with Crippen LogP contribution in [0.15, 0.2) is 51.1 Å². The first-order valence-electron chi connectivity index (χ1n) is 10.4. The second-order valence-electron chi connectivity index (χ2n) is 6.12. The third-order valence-electron chi connectivity index (χ3n) is 3.91. The molecule has 0 radical (unpaired) electrons. The highest BCUT2D eigenvalue weighted by atomic mass is 32.1. The number of nitrogens with zero attached hydrogens (tertiary/aromatic N) is 2. The Morgan fingerprint density at radius 3 is 2.35 bits per heavy atom. The molecular formula is C23H38N6OS. The molecule has 1 amide bonds. The summed E-state index contributed by atoms with van der Waals surface area (Å²) in [7, 11) is 0. The summed E-state index contributed by atoms with van der Waals surface area (Å²) in [6.07, 6.45) is 2.83. The summed E-state index contributed by atoms with van der Waals surface area (Å²) >= 11 is 1.57. The fourth-order valence-electron chi connectivity index (χ4n) is 2.31. The van der Waals surface area contributed by atoms with Crippen molar-refractivity contribution >= 4 is 47.0 Å². The molecule has 1 unspecified atom stereocenters. The summed E-state index contributed by atoms with van der Waals surface area (Å²) < 4.78 is 0. The van der Waals surface area contributed by atoms with Crippen LogP contribution in [0.25, 0.3) is 0 Å². The van der Waals surface area contributed by atoms with Crippen LogP contribution in [0, 0.1) is 17.7 Å². The number of anilines is 2. The molecule has 3 rings (SSSR count). The van der Waals surface area contributed by atoms with Crippen molar-refractivity contribution < 1.29 is 6.22 Å². The van der Waals surface area contributed by atoms with E-state index in [2.05, 4.69) is 20.6 Å². The van der Waals surface area contributed by atoms with Gasteiger partial charge in [0.05, 0.1) is 17.6 Å². The van der Waals surface area contributed by atoms with Gasteiger partial charge >= 0.3 is 0 Å². The molecular weight excluding hydrogens is 408 g/mol. The van der Waals surface area contributed by atoms with Gasteiger partial charge in [0.1, 0.15) is 12.2 Å². The van der Waals surface area contributed by atoms with E-state index >= 15 is 0 Å². The van der Waals surface area contributed by atoms with E-state index in [1.165, 1.54) is 25.0 Å². The lowest BCUT2D eigenvalue weighted by atomic mass is 9.87. The Balaban J connectivity index is 0. The minimum absolute atomic E-state index is 0. The first kappa shape index (κ1) is 28.2. The summed E-state index contributed by atoms with van der Waals surface area (Å²) in [6, 6.07) is 9.87. The molecule has 1 aromatic carbocycles. The van der Waals surface area contributed by atoms with Crippen molar-refractivity contribution in [1.29, 1.82) is 5.41 Å². The van der Waals surface area contributed by atoms with Gasteiger partial charge in [0.15, 0.2) is 0 Å². The highest BCUT2D eigenvalue weighted by Crippen LogP contribution is 2.21. The van der Waals surface area contributed by atoms with Crippen LogP contribution in [0.1, 0.15) is 41.6 Å². The van der Waals surface area contributed by atoms with Crippen molar-refractivity contribution in [2.24, 2.45) is 21.1 Å². The van der Waals surface area contributed by atoms with Crippen molar-refractivity contribution in [1.82, 2.24) is 0 Å². The molecule has 7 nitrogen and oxygen atoms in total. The van der Waals surface area contributed by atoms with Crippen molar-refractivity contribution in [2.75, 3.05) is 23.7 Å². The number of aryl methyl sites for hydroxylation is 1. The summed E-state index contributed by atoms with van der Waals surface area (Å²) in [5.74, 6) is 0.659. The normalized spacial score (nSPS) is 16.0. The van der Waals surface area contributed by atoms with Gasteiger partial charge in [-0.05, 0) is 30.5 Å². The number of carbonyl (C=O) groups is 1. The molecule has 0 saturated carbocycles. The van der Waals surface area contributed by atoms with Crippen molar-refractivity contribution in [3.63, 3.8) is 0 Å². The number of nitrogens with one attached hydrogen (secondary N) is 3. The number of amides is 1. The molecule has 0 bridgehead atoms. The van der Waals surface area contributed by atoms with Crippen LogP contribution < -0.4 is 16.4 Å². The van der Waals surface area contributed by atoms with Crippen molar-refractivity contribution in [2.45, 2.75) is 41.5 Å². The molecule has 2 heterocycles. The van der Waals surface area contributed by atoms with Gasteiger partial charge in [0.2, 0.25) is 5.91 Å². The van der Waals surface area contributed by atoms with Gasteiger partial charge in [0, 0.05) is 32.2 Å². The van der Waals surface area contributed by atoms with E-state index in [-0.39, 0.29) is 7.33 Å². The molecule has 5 N–H and O–H groups in total. The van der Waals surface area contributed by atoms with E-state index < -0.39 is 5.41 Å². The first-order chi connectivity index (χ1) is 15.0. The lowest BCUT2D eigenvalue weighted by Crippen LogP contribution is -2.47. The Hall–Kier alpha value is -2.84. The van der Waals surface area contributed by atoms with Gasteiger partial charge in [0.25, 0.3) is 0 Å². The van der Waals surface area contributed by atoms with Crippen LogP contribution in [0.3, 0.4) is 0 Å². The van der Waals surface area contributed by atoms with Gasteiger partial charge in [-0.2, -0.15) is 11.3 Å². The Morgan fingerprint density at radius 1 is 1.23 bits per heavy atom. The smallest absolute Gasteiger partial charge is 0.221 e. The molecule has 1 aromatic heterocycles.